The zero-order valence-electron chi connectivity index (χ0n) is 34.0. The lowest BCUT2D eigenvalue weighted by molar-refractivity contribution is 0.669. The summed E-state index contributed by atoms with van der Waals surface area (Å²) in [5.41, 5.74) is 19.1. The quantitative estimate of drug-likeness (QED) is 0.145. The molecule has 62 heavy (non-hydrogen) atoms. The number of rotatable bonds is 9. The minimum Gasteiger partial charge on any atom is -0.456 e. The van der Waals surface area contributed by atoms with Crippen LogP contribution in [0.2, 0.25) is 0 Å². The van der Waals surface area contributed by atoms with E-state index >= 15 is 0 Å². The maximum absolute atomic E-state index is 6.32. The van der Waals surface area contributed by atoms with Crippen LogP contribution in [0.3, 0.4) is 0 Å². The predicted molar refractivity (Wildman–Crippen MR) is 261 cm³/mol. The third-order valence-corrected chi connectivity index (χ3v) is 11.9. The summed E-state index contributed by atoms with van der Waals surface area (Å²) in [5.74, 6) is 0. The number of benzene rings is 10. The molecule has 0 radical (unpaired) electrons. The Morgan fingerprint density at radius 2 is 0.677 bits per heavy atom. The number of furan rings is 1. The third-order valence-electron chi connectivity index (χ3n) is 11.9. The normalized spacial score (nSPS) is 11.2. The van der Waals surface area contributed by atoms with Crippen LogP contribution in [0.25, 0.3) is 88.7 Å². The molecule has 11 rings (SSSR count). The first-order chi connectivity index (χ1) is 30.7. The van der Waals surface area contributed by atoms with Crippen molar-refractivity contribution in [1.29, 1.82) is 0 Å². The Hall–Kier alpha value is -8.20. The van der Waals surface area contributed by atoms with Gasteiger partial charge in [-0.2, -0.15) is 0 Å². The molecule has 0 saturated heterocycles. The fraction of sp³-hybridized carbons (Fsp3) is 0. The molecule has 0 aliphatic rings. The van der Waals surface area contributed by atoms with E-state index in [2.05, 4.69) is 241 Å². The molecule has 0 amide bonds. The average molecular weight is 792 g/mol. The minimum atomic E-state index is 0.871. The average Bonchev–Trinajstić information content (AvgIpc) is 3.73. The Morgan fingerprint density at radius 3 is 1.34 bits per heavy atom. The van der Waals surface area contributed by atoms with Gasteiger partial charge in [0.15, 0.2) is 0 Å². The van der Waals surface area contributed by atoms with Crippen LogP contribution in [0.4, 0.5) is 17.1 Å². The molecule has 0 spiro atoms. The largest absolute Gasteiger partial charge is 0.456 e. The molecule has 0 atom stereocenters. The van der Waals surface area contributed by atoms with Gasteiger partial charge in [0, 0.05) is 27.7 Å². The molecule has 2 nitrogen and oxygen atoms in total. The summed E-state index contributed by atoms with van der Waals surface area (Å²) in [4.78, 5) is 2.40. The second-order valence-corrected chi connectivity index (χ2v) is 15.7. The SMILES string of the molecule is c1ccc(-c2ccc(-c3ccc(N(c4ccc5oc6ccccc6c5c4)c4ccccc4-c4ccccc4-c4ccc(-c5ccccc5)cc4-c4ccccc4)cc3)cc2)cc1. The highest BCUT2D eigenvalue weighted by Gasteiger charge is 2.22. The molecule has 0 bridgehead atoms. The lowest BCUT2D eigenvalue weighted by Crippen LogP contribution is -2.11. The fourth-order valence-corrected chi connectivity index (χ4v) is 8.86. The van der Waals surface area contributed by atoms with Gasteiger partial charge in [-0.25, -0.2) is 0 Å². The summed E-state index contributed by atoms with van der Waals surface area (Å²) >= 11 is 0. The van der Waals surface area contributed by atoms with E-state index in [1.54, 1.807) is 0 Å². The maximum Gasteiger partial charge on any atom is 0.135 e. The van der Waals surface area contributed by atoms with Crippen molar-refractivity contribution in [3.05, 3.63) is 249 Å². The smallest absolute Gasteiger partial charge is 0.135 e. The van der Waals surface area contributed by atoms with Gasteiger partial charge in [-0.05, 0) is 110 Å². The van der Waals surface area contributed by atoms with E-state index in [9.17, 15) is 0 Å². The van der Waals surface area contributed by atoms with Crippen LogP contribution < -0.4 is 4.90 Å². The van der Waals surface area contributed by atoms with Gasteiger partial charge in [-0.15, -0.1) is 0 Å². The molecule has 0 fully saturated rings. The van der Waals surface area contributed by atoms with E-state index in [1.807, 2.05) is 12.1 Å². The van der Waals surface area contributed by atoms with Crippen LogP contribution >= 0.6 is 0 Å². The highest BCUT2D eigenvalue weighted by Crippen LogP contribution is 2.47. The highest BCUT2D eigenvalue weighted by molar-refractivity contribution is 6.07. The summed E-state index contributed by atoms with van der Waals surface area (Å²) < 4.78 is 6.32. The fourth-order valence-electron chi connectivity index (χ4n) is 8.86. The summed E-state index contributed by atoms with van der Waals surface area (Å²) in [7, 11) is 0. The van der Waals surface area contributed by atoms with Gasteiger partial charge in [0.1, 0.15) is 11.2 Å². The number of hydrogen-bond acceptors (Lipinski definition) is 2. The number of fused-ring (bicyclic) bond motifs is 3. The lowest BCUT2D eigenvalue weighted by atomic mass is 9.87. The number of para-hydroxylation sites is 2. The number of anilines is 3. The number of hydrogen-bond donors (Lipinski definition) is 0. The predicted octanol–water partition coefficient (Wildman–Crippen LogP) is 17.1. The van der Waals surface area contributed by atoms with E-state index in [4.69, 9.17) is 4.42 Å². The molecule has 292 valence electrons. The van der Waals surface area contributed by atoms with Crippen molar-refractivity contribution in [3.8, 4) is 66.8 Å². The van der Waals surface area contributed by atoms with Crippen molar-refractivity contribution < 1.29 is 4.42 Å². The topological polar surface area (TPSA) is 16.4 Å². The van der Waals surface area contributed by atoms with E-state index in [1.165, 1.54) is 50.1 Å². The molecule has 0 N–H and O–H groups in total. The number of nitrogens with zero attached hydrogens (tertiary/aromatic N) is 1. The summed E-state index contributed by atoms with van der Waals surface area (Å²) in [6.45, 7) is 0. The van der Waals surface area contributed by atoms with Crippen LogP contribution in [-0.2, 0) is 0 Å². The zero-order valence-corrected chi connectivity index (χ0v) is 34.0. The van der Waals surface area contributed by atoms with Gasteiger partial charge < -0.3 is 9.32 Å². The standard InChI is InChI=1S/C60H41NO/c1-4-16-42(17-5-1)44-28-30-45(31-29-44)46-32-35-49(36-33-46)61(50-37-39-60-57(41-50)55-25-13-15-27-59(55)62-60)58-26-14-12-24-54(58)52-23-11-10-22-51(52)53-38-34-48(43-18-6-2-7-19-43)40-56(53)47-20-8-3-9-21-47/h1-41H. The van der Waals surface area contributed by atoms with Gasteiger partial charge in [-0.3, -0.25) is 0 Å². The summed E-state index contributed by atoms with van der Waals surface area (Å²) in [5, 5.41) is 2.19. The molecular formula is C60H41NO. The third kappa shape index (κ3) is 6.94. The van der Waals surface area contributed by atoms with Gasteiger partial charge >= 0.3 is 0 Å². The molecule has 0 unspecified atom stereocenters. The molecule has 0 saturated carbocycles. The van der Waals surface area contributed by atoms with Crippen LogP contribution in [0.5, 0.6) is 0 Å². The van der Waals surface area contributed by atoms with Crippen molar-refractivity contribution in [2.24, 2.45) is 0 Å². The Morgan fingerprint density at radius 1 is 0.242 bits per heavy atom. The maximum atomic E-state index is 6.32. The molecule has 1 heterocycles. The second-order valence-electron chi connectivity index (χ2n) is 15.7. The van der Waals surface area contributed by atoms with Crippen molar-refractivity contribution in [1.82, 2.24) is 0 Å². The Balaban J connectivity index is 1.06. The molecule has 10 aromatic carbocycles. The lowest BCUT2D eigenvalue weighted by Gasteiger charge is -2.29. The van der Waals surface area contributed by atoms with Crippen molar-refractivity contribution in [3.63, 3.8) is 0 Å². The molecule has 1 aromatic heterocycles. The molecular weight excluding hydrogens is 751 g/mol. The van der Waals surface area contributed by atoms with E-state index in [0.29, 0.717) is 0 Å². The van der Waals surface area contributed by atoms with E-state index in [-0.39, 0.29) is 0 Å². The minimum absolute atomic E-state index is 0.871. The van der Waals surface area contributed by atoms with Crippen LogP contribution in [0.1, 0.15) is 0 Å². The first kappa shape index (κ1) is 36.8. The first-order valence-electron chi connectivity index (χ1n) is 21.2. The Bertz CT molecular complexity index is 3310. The molecule has 11 aromatic rings. The van der Waals surface area contributed by atoms with Crippen LogP contribution in [-0.4, -0.2) is 0 Å². The summed E-state index contributed by atoms with van der Waals surface area (Å²) in [6.07, 6.45) is 0. The highest BCUT2D eigenvalue weighted by atomic mass is 16.3. The van der Waals surface area contributed by atoms with Crippen molar-refractivity contribution in [2.45, 2.75) is 0 Å². The van der Waals surface area contributed by atoms with Crippen molar-refractivity contribution in [2.75, 3.05) is 4.90 Å². The van der Waals surface area contributed by atoms with E-state index < -0.39 is 0 Å². The first-order valence-corrected chi connectivity index (χ1v) is 21.2. The molecule has 0 aliphatic carbocycles. The van der Waals surface area contributed by atoms with Gasteiger partial charge in [0.2, 0.25) is 0 Å². The summed E-state index contributed by atoms with van der Waals surface area (Å²) in [6, 6.07) is 89.2. The van der Waals surface area contributed by atoms with E-state index in [0.717, 1.165) is 55.7 Å². The monoisotopic (exact) mass is 791 g/mol. The Kier molecular flexibility index (Phi) is 9.57. The van der Waals surface area contributed by atoms with Gasteiger partial charge in [-0.1, -0.05) is 200 Å². The second kappa shape index (κ2) is 16.1. The zero-order chi connectivity index (χ0) is 41.2. The van der Waals surface area contributed by atoms with Gasteiger partial charge in [0.25, 0.3) is 0 Å². The Labute approximate surface area is 362 Å². The van der Waals surface area contributed by atoms with Crippen LogP contribution in [0.15, 0.2) is 253 Å². The van der Waals surface area contributed by atoms with Crippen LogP contribution in [0, 0.1) is 0 Å². The van der Waals surface area contributed by atoms with Crippen molar-refractivity contribution >= 4 is 39.0 Å². The molecule has 0 aliphatic heterocycles. The van der Waals surface area contributed by atoms with Gasteiger partial charge in [0.05, 0.1) is 5.69 Å². The molecule has 2 heteroatoms.